The Labute approximate surface area is 124 Å². The van der Waals surface area contributed by atoms with Crippen LogP contribution in [0.5, 0.6) is 0 Å². The van der Waals surface area contributed by atoms with E-state index in [1.807, 2.05) is 0 Å². The van der Waals surface area contributed by atoms with E-state index in [1.165, 1.54) is 0 Å². The first-order valence-corrected chi connectivity index (χ1v) is 7.92. The van der Waals surface area contributed by atoms with Crippen molar-refractivity contribution in [2.45, 2.75) is 32.6 Å². The first kappa shape index (κ1) is 15.3. The van der Waals surface area contributed by atoms with E-state index in [0.29, 0.717) is 12.5 Å². The molecule has 0 bridgehead atoms. The first-order valence-electron chi connectivity index (χ1n) is 7.04. The molecule has 1 aromatic heterocycles. The van der Waals surface area contributed by atoms with Crippen molar-refractivity contribution >= 4 is 17.3 Å². The third-order valence-corrected chi connectivity index (χ3v) is 4.16. The smallest absolute Gasteiger partial charge is 0.191 e. The van der Waals surface area contributed by atoms with Gasteiger partial charge in [-0.2, -0.15) is 0 Å². The molecule has 6 heteroatoms. The van der Waals surface area contributed by atoms with E-state index >= 15 is 0 Å². The van der Waals surface area contributed by atoms with Gasteiger partial charge in [-0.25, -0.2) is 4.98 Å². The second-order valence-corrected chi connectivity index (χ2v) is 6.91. The van der Waals surface area contributed by atoms with Crippen molar-refractivity contribution in [3.05, 3.63) is 16.1 Å². The molecule has 0 atom stereocenters. The summed E-state index contributed by atoms with van der Waals surface area (Å²) in [7, 11) is 0. The summed E-state index contributed by atoms with van der Waals surface area (Å²) in [6, 6.07) is 0. The van der Waals surface area contributed by atoms with Crippen LogP contribution < -0.4 is 5.73 Å². The number of hydrogen-bond acceptors (Lipinski definition) is 4. The highest BCUT2D eigenvalue weighted by molar-refractivity contribution is 7.09. The minimum Gasteiger partial charge on any atom is -0.378 e. The molecule has 1 aliphatic rings. The van der Waals surface area contributed by atoms with Crippen molar-refractivity contribution in [1.29, 1.82) is 0 Å². The molecule has 5 nitrogen and oxygen atoms in total. The summed E-state index contributed by atoms with van der Waals surface area (Å²) in [5, 5.41) is 3.28. The fourth-order valence-electron chi connectivity index (χ4n) is 1.93. The highest BCUT2D eigenvalue weighted by atomic mass is 32.1. The van der Waals surface area contributed by atoms with Crippen LogP contribution in [0.4, 0.5) is 0 Å². The molecule has 20 heavy (non-hydrogen) atoms. The molecule has 2 N–H and O–H groups in total. The van der Waals surface area contributed by atoms with Gasteiger partial charge in [0.2, 0.25) is 0 Å². The van der Waals surface area contributed by atoms with Crippen molar-refractivity contribution in [1.82, 2.24) is 9.88 Å². The molecule has 0 aliphatic carbocycles. The summed E-state index contributed by atoms with van der Waals surface area (Å²) >= 11 is 1.71. The molecule has 1 aliphatic heterocycles. The highest BCUT2D eigenvalue weighted by Gasteiger charge is 2.17. The second-order valence-electron chi connectivity index (χ2n) is 5.97. The monoisotopic (exact) mass is 296 g/mol. The Kier molecular flexibility index (Phi) is 4.99. The number of aliphatic imine (C=N–C) groups is 1. The quantitative estimate of drug-likeness (QED) is 0.680. The molecular formula is C14H24N4OS. The van der Waals surface area contributed by atoms with Crippen LogP contribution in [0.15, 0.2) is 10.4 Å². The van der Waals surface area contributed by atoms with E-state index in [1.54, 1.807) is 11.3 Å². The van der Waals surface area contributed by atoms with Crippen molar-refractivity contribution in [2.75, 3.05) is 32.8 Å². The predicted molar refractivity (Wildman–Crippen MR) is 83.4 cm³/mol. The lowest BCUT2D eigenvalue weighted by Gasteiger charge is -2.27. The van der Waals surface area contributed by atoms with Crippen LogP contribution in [-0.4, -0.2) is 48.7 Å². The van der Waals surface area contributed by atoms with Gasteiger partial charge in [-0.1, -0.05) is 20.8 Å². The van der Waals surface area contributed by atoms with Gasteiger partial charge >= 0.3 is 0 Å². The van der Waals surface area contributed by atoms with Gasteiger partial charge in [-0.05, 0) is 0 Å². The number of guanidine groups is 1. The van der Waals surface area contributed by atoms with Gasteiger partial charge in [0.25, 0.3) is 0 Å². The summed E-state index contributed by atoms with van der Waals surface area (Å²) < 4.78 is 5.30. The number of nitrogens with zero attached hydrogens (tertiary/aromatic N) is 3. The molecule has 0 radical (unpaired) electrons. The van der Waals surface area contributed by atoms with Gasteiger partial charge in [0.05, 0.1) is 23.9 Å². The minimum atomic E-state index is 0.116. The Balaban J connectivity index is 1.84. The standard InChI is InChI=1S/C14H24N4OS/c1-14(2,3)11-10-20-12(17-11)4-5-16-13(15)18-6-8-19-9-7-18/h10H,4-9H2,1-3H3,(H2,15,16). The van der Waals surface area contributed by atoms with Crippen molar-refractivity contribution in [3.8, 4) is 0 Å². The number of rotatable bonds is 3. The molecule has 1 aromatic rings. The van der Waals surface area contributed by atoms with Crippen molar-refractivity contribution in [3.63, 3.8) is 0 Å². The summed E-state index contributed by atoms with van der Waals surface area (Å²) in [5.41, 5.74) is 7.26. The fourth-order valence-corrected chi connectivity index (χ4v) is 2.94. The molecule has 0 saturated carbocycles. The van der Waals surface area contributed by atoms with Crippen LogP contribution in [0.25, 0.3) is 0 Å². The molecule has 1 saturated heterocycles. The molecule has 1 fully saturated rings. The maximum atomic E-state index is 5.99. The first-order chi connectivity index (χ1) is 9.47. The lowest BCUT2D eigenvalue weighted by molar-refractivity contribution is 0.0674. The number of thiazole rings is 1. The molecule has 2 heterocycles. The van der Waals surface area contributed by atoms with Crippen LogP contribution in [0.1, 0.15) is 31.5 Å². The Hall–Kier alpha value is -1.14. The van der Waals surface area contributed by atoms with Crippen LogP contribution in [0.2, 0.25) is 0 Å². The normalized spacial score (nSPS) is 17.6. The van der Waals surface area contributed by atoms with Gasteiger partial charge in [0, 0.05) is 36.9 Å². The van der Waals surface area contributed by atoms with E-state index in [-0.39, 0.29) is 5.41 Å². The van der Waals surface area contributed by atoms with Gasteiger partial charge < -0.3 is 15.4 Å². The lowest BCUT2D eigenvalue weighted by atomic mass is 9.93. The Bertz CT molecular complexity index is 458. The molecule has 0 aromatic carbocycles. The maximum Gasteiger partial charge on any atom is 0.191 e. The predicted octanol–water partition coefficient (Wildman–Crippen LogP) is 1.63. The fraction of sp³-hybridized carbons (Fsp3) is 0.714. The topological polar surface area (TPSA) is 63.7 Å². The summed E-state index contributed by atoms with van der Waals surface area (Å²) in [4.78, 5) is 11.2. The van der Waals surface area contributed by atoms with E-state index in [4.69, 9.17) is 10.5 Å². The Morgan fingerprint density at radius 2 is 2.15 bits per heavy atom. The van der Waals surface area contributed by atoms with Crippen LogP contribution >= 0.6 is 11.3 Å². The summed E-state index contributed by atoms with van der Waals surface area (Å²) in [5.74, 6) is 0.626. The van der Waals surface area contributed by atoms with Gasteiger partial charge in [0.15, 0.2) is 5.96 Å². The molecule has 0 spiro atoms. The van der Waals surface area contributed by atoms with Crippen molar-refractivity contribution in [2.24, 2.45) is 10.7 Å². The molecule has 0 unspecified atom stereocenters. The van der Waals surface area contributed by atoms with Gasteiger partial charge in [0.1, 0.15) is 0 Å². The highest BCUT2D eigenvalue weighted by Crippen LogP contribution is 2.23. The zero-order valence-corrected chi connectivity index (χ0v) is 13.4. The number of hydrogen-bond donors (Lipinski definition) is 1. The third-order valence-electron chi connectivity index (χ3n) is 3.25. The molecule has 112 valence electrons. The maximum absolute atomic E-state index is 5.99. The zero-order valence-electron chi connectivity index (χ0n) is 12.6. The van der Waals surface area contributed by atoms with Crippen LogP contribution in [-0.2, 0) is 16.6 Å². The van der Waals surface area contributed by atoms with E-state index in [0.717, 1.165) is 43.4 Å². The SMILES string of the molecule is CC(C)(C)c1csc(CCN=C(N)N2CCOCC2)n1. The lowest BCUT2D eigenvalue weighted by Crippen LogP contribution is -2.44. The third kappa shape index (κ3) is 4.18. The summed E-state index contributed by atoms with van der Waals surface area (Å²) in [6.45, 7) is 10.4. The van der Waals surface area contributed by atoms with Crippen LogP contribution in [0, 0.1) is 0 Å². The van der Waals surface area contributed by atoms with Crippen LogP contribution in [0.3, 0.4) is 0 Å². The van der Waals surface area contributed by atoms with Gasteiger partial charge in [-0.3, -0.25) is 4.99 Å². The number of morpholine rings is 1. The van der Waals surface area contributed by atoms with E-state index in [2.05, 4.69) is 41.0 Å². The number of ether oxygens (including phenoxy) is 1. The van der Waals surface area contributed by atoms with Gasteiger partial charge in [-0.15, -0.1) is 11.3 Å². The average molecular weight is 296 g/mol. The Morgan fingerprint density at radius 3 is 2.75 bits per heavy atom. The number of nitrogens with two attached hydrogens (primary N) is 1. The molecule has 2 rings (SSSR count). The average Bonchev–Trinajstić information content (AvgIpc) is 2.88. The second kappa shape index (κ2) is 6.54. The molecule has 0 amide bonds. The minimum absolute atomic E-state index is 0.116. The number of aromatic nitrogens is 1. The molecular weight excluding hydrogens is 272 g/mol. The largest absolute Gasteiger partial charge is 0.378 e. The Morgan fingerprint density at radius 1 is 1.45 bits per heavy atom. The van der Waals surface area contributed by atoms with E-state index in [9.17, 15) is 0 Å². The van der Waals surface area contributed by atoms with E-state index < -0.39 is 0 Å². The zero-order chi connectivity index (χ0) is 14.6. The summed E-state index contributed by atoms with van der Waals surface area (Å²) in [6.07, 6.45) is 0.853. The van der Waals surface area contributed by atoms with Crippen molar-refractivity contribution < 1.29 is 4.74 Å².